The Kier molecular flexibility index (Phi) is 4.06. The summed E-state index contributed by atoms with van der Waals surface area (Å²) in [7, 11) is 1.68. The van der Waals surface area contributed by atoms with Crippen molar-refractivity contribution in [3.63, 3.8) is 0 Å². The minimum atomic E-state index is -0.0922. The lowest BCUT2D eigenvalue weighted by Crippen LogP contribution is -2.49. The number of piperidine rings is 1. The van der Waals surface area contributed by atoms with Gasteiger partial charge in [-0.15, -0.1) is 0 Å². The average Bonchev–Trinajstić information content (AvgIpc) is 2.46. The number of hydrogen-bond acceptors (Lipinski definition) is 3. The van der Waals surface area contributed by atoms with Crippen LogP contribution >= 0.6 is 0 Å². The number of carbonyl (C=O) groups excluding carboxylic acids is 1. The van der Waals surface area contributed by atoms with Gasteiger partial charge in [-0.05, 0) is 49.9 Å². The van der Waals surface area contributed by atoms with Crippen molar-refractivity contribution in [2.45, 2.75) is 32.2 Å². The number of nitriles is 1. The van der Waals surface area contributed by atoms with Crippen LogP contribution < -0.4 is 10.2 Å². The molecule has 0 spiro atoms. The third kappa shape index (κ3) is 2.70. The third-order valence-electron chi connectivity index (χ3n) is 3.69. The minimum absolute atomic E-state index is 0.0726. The summed E-state index contributed by atoms with van der Waals surface area (Å²) in [5, 5.41) is 11.7. The van der Waals surface area contributed by atoms with Crippen molar-refractivity contribution >= 4 is 11.6 Å². The Morgan fingerprint density at radius 3 is 2.89 bits per heavy atom. The molecule has 0 saturated carbocycles. The van der Waals surface area contributed by atoms with Crippen LogP contribution in [0.2, 0.25) is 0 Å². The van der Waals surface area contributed by atoms with Crippen LogP contribution in [0.5, 0.6) is 0 Å². The molecule has 0 aliphatic carbocycles. The van der Waals surface area contributed by atoms with Gasteiger partial charge in [-0.25, -0.2) is 0 Å². The number of nitrogens with zero attached hydrogens (tertiary/aromatic N) is 2. The van der Waals surface area contributed by atoms with Crippen molar-refractivity contribution in [1.29, 1.82) is 5.26 Å². The number of benzene rings is 1. The molecular formula is C15H19N3O. The maximum Gasteiger partial charge on any atom is 0.242 e. The molecule has 100 valence electrons. The van der Waals surface area contributed by atoms with Gasteiger partial charge in [0.25, 0.3) is 0 Å². The normalized spacial score (nSPS) is 18.8. The highest BCUT2D eigenvalue weighted by Crippen LogP contribution is 2.28. The van der Waals surface area contributed by atoms with E-state index in [0.29, 0.717) is 5.56 Å². The molecule has 1 fully saturated rings. The summed E-state index contributed by atoms with van der Waals surface area (Å²) < 4.78 is 0. The molecule has 1 atom stereocenters. The predicted octanol–water partition coefficient (Wildman–Crippen LogP) is 1.97. The van der Waals surface area contributed by atoms with Gasteiger partial charge in [0, 0.05) is 19.3 Å². The standard InChI is InChI=1S/C15H19N3O/c1-11-9-12(10-16)6-7-13(11)18-8-4-3-5-14(18)15(19)17-2/h6-7,9,14H,3-5,8H2,1-2H3,(H,17,19). The summed E-state index contributed by atoms with van der Waals surface area (Å²) in [6.07, 6.45) is 3.08. The molecule has 1 aliphatic rings. The molecule has 1 aliphatic heterocycles. The number of hydrogen-bond donors (Lipinski definition) is 1. The van der Waals surface area contributed by atoms with E-state index >= 15 is 0 Å². The van der Waals surface area contributed by atoms with Gasteiger partial charge in [0.15, 0.2) is 0 Å². The fourth-order valence-electron chi connectivity index (χ4n) is 2.71. The first-order valence-electron chi connectivity index (χ1n) is 6.66. The molecular weight excluding hydrogens is 238 g/mol. The van der Waals surface area contributed by atoms with Crippen molar-refractivity contribution < 1.29 is 4.79 Å². The van der Waals surface area contributed by atoms with E-state index in [4.69, 9.17) is 5.26 Å². The third-order valence-corrected chi connectivity index (χ3v) is 3.69. The van der Waals surface area contributed by atoms with Crippen LogP contribution in [-0.4, -0.2) is 25.5 Å². The molecule has 2 rings (SSSR count). The van der Waals surface area contributed by atoms with Crippen LogP contribution in [0, 0.1) is 18.3 Å². The first-order chi connectivity index (χ1) is 9.17. The first-order valence-corrected chi connectivity index (χ1v) is 6.66. The Bertz CT molecular complexity index is 519. The lowest BCUT2D eigenvalue weighted by molar-refractivity contribution is -0.122. The van der Waals surface area contributed by atoms with Gasteiger partial charge in [-0.3, -0.25) is 4.79 Å². The Balaban J connectivity index is 2.32. The van der Waals surface area contributed by atoms with E-state index in [1.54, 1.807) is 7.05 Å². The van der Waals surface area contributed by atoms with Crippen molar-refractivity contribution in [1.82, 2.24) is 5.32 Å². The molecule has 19 heavy (non-hydrogen) atoms. The molecule has 4 heteroatoms. The zero-order valence-corrected chi connectivity index (χ0v) is 11.4. The van der Waals surface area contributed by atoms with Gasteiger partial charge < -0.3 is 10.2 Å². The number of anilines is 1. The topological polar surface area (TPSA) is 56.1 Å². The van der Waals surface area contributed by atoms with Crippen molar-refractivity contribution in [2.24, 2.45) is 0 Å². The lowest BCUT2D eigenvalue weighted by Gasteiger charge is -2.37. The van der Waals surface area contributed by atoms with Gasteiger partial charge in [-0.1, -0.05) is 0 Å². The van der Waals surface area contributed by atoms with Gasteiger partial charge in [-0.2, -0.15) is 5.26 Å². The van der Waals surface area contributed by atoms with Gasteiger partial charge in [0.1, 0.15) is 6.04 Å². The maximum atomic E-state index is 12.0. The molecule has 1 unspecified atom stereocenters. The highest BCUT2D eigenvalue weighted by molar-refractivity contribution is 5.85. The number of rotatable bonds is 2. The monoisotopic (exact) mass is 257 g/mol. The van der Waals surface area contributed by atoms with Crippen LogP contribution in [0.4, 0.5) is 5.69 Å². The number of nitrogens with one attached hydrogen (secondary N) is 1. The van der Waals surface area contributed by atoms with E-state index in [1.165, 1.54) is 0 Å². The Hall–Kier alpha value is -2.02. The van der Waals surface area contributed by atoms with Crippen molar-refractivity contribution in [3.8, 4) is 6.07 Å². The van der Waals surface area contributed by atoms with Crippen LogP contribution in [-0.2, 0) is 4.79 Å². The molecule has 1 heterocycles. The van der Waals surface area contributed by atoms with Crippen LogP contribution in [0.15, 0.2) is 18.2 Å². The van der Waals surface area contributed by atoms with Crippen LogP contribution in [0.3, 0.4) is 0 Å². The lowest BCUT2D eigenvalue weighted by atomic mass is 9.98. The second-order valence-electron chi connectivity index (χ2n) is 4.93. The summed E-state index contributed by atoms with van der Waals surface area (Å²) >= 11 is 0. The zero-order chi connectivity index (χ0) is 13.8. The molecule has 1 N–H and O–H groups in total. The second kappa shape index (κ2) is 5.75. The number of likely N-dealkylation sites (N-methyl/N-ethyl adjacent to an activating group) is 1. The molecule has 1 saturated heterocycles. The average molecular weight is 257 g/mol. The molecule has 0 radical (unpaired) electrons. The molecule has 0 aromatic heterocycles. The second-order valence-corrected chi connectivity index (χ2v) is 4.93. The van der Waals surface area contributed by atoms with Gasteiger partial charge >= 0.3 is 0 Å². The Morgan fingerprint density at radius 1 is 1.47 bits per heavy atom. The molecule has 1 aromatic carbocycles. The fraction of sp³-hybridized carbons (Fsp3) is 0.467. The van der Waals surface area contributed by atoms with Gasteiger partial charge in [0.2, 0.25) is 5.91 Å². The zero-order valence-electron chi connectivity index (χ0n) is 11.4. The summed E-state index contributed by atoms with van der Waals surface area (Å²) in [6, 6.07) is 7.70. The summed E-state index contributed by atoms with van der Waals surface area (Å²) in [6.45, 7) is 2.89. The molecule has 1 aromatic rings. The van der Waals surface area contributed by atoms with E-state index in [9.17, 15) is 4.79 Å². The molecule has 4 nitrogen and oxygen atoms in total. The summed E-state index contributed by atoms with van der Waals surface area (Å²) in [4.78, 5) is 14.1. The highest BCUT2D eigenvalue weighted by atomic mass is 16.2. The quantitative estimate of drug-likeness (QED) is 0.881. The highest BCUT2D eigenvalue weighted by Gasteiger charge is 2.28. The van der Waals surface area contributed by atoms with Crippen LogP contribution in [0.1, 0.15) is 30.4 Å². The number of aryl methyl sites for hydroxylation is 1. The Labute approximate surface area is 114 Å². The Morgan fingerprint density at radius 2 is 2.26 bits per heavy atom. The van der Waals surface area contributed by atoms with Crippen molar-refractivity contribution in [2.75, 3.05) is 18.5 Å². The largest absolute Gasteiger partial charge is 0.359 e. The summed E-state index contributed by atoms with van der Waals surface area (Å²) in [5.74, 6) is 0.0726. The SMILES string of the molecule is CNC(=O)C1CCCCN1c1ccc(C#N)cc1C. The van der Waals surface area contributed by atoms with Crippen LogP contribution in [0.25, 0.3) is 0 Å². The minimum Gasteiger partial charge on any atom is -0.359 e. The maximum absolute atomic E-state index is 12.0. The first kappa shape index (κ1) is 13.4. The molecule has 1 amide bonds. The van der Waals surface area contributed by atoms with Crippen molar-refractivity contribution in [3.05, 3.63) is 29.3 Å². The summed E-state index contributed by atoms with van der Waals surface area (Å²) in [5.41, 5.74) is 2.77. The smallest absolute Gasteiger partial charge is 0.242 e. The van der Waals surface area contributed by atoms with Gasteiger partial charge in [0.05, 0.1) is 11.6 Å². The predicted molar refractivity (Wildman–Crippen MR) is 74.9 cm³/mol. The van der Waals surface area contributed by atoms with E-state index in [-0.39, 0.29) is 11.9 Å². The molecule has 0 bridgehead atoms. The van der Waals surface area contributed by atoms with E-state index in [0.717, 1.165) is 37.1 Å². The number of amides is 1. The number of carbonyl (C=O) groups is 1. The van der Waals surface area contributed by atoms with E-state index in [1.807, 2.05) is 25.1 Å². The van der Waals surface area contributed by atoms with E-state index < -0.39 is 0 Å². The fourth-order valence-corrected chi connectivity index (χ4v) is 2.71. The van der Waals surface area contributed by atoms with E-state index in [2.05, 4.69) is 16.3 Å².